The number of carbonyl (C=O) groups is 2. The number of amides is 2. The van der Waals surface area contributed by atoms with Gasteiger partial charge in [-0.3, -0.25) is 24.6 Å². The molecule has 2 aliphatic heterocycles. The first-order valence-electron chi connectivity index (χ1n) is 12.3. The van der Waals surface area contributed by atoms with Gasteiger partial charge >= 0.3 is 0 Å². The molecule has 0 aliphatic carbocycles. The number of para-hydroxylation sites is 2. The van der Waals surface area contributed by atoms with Crippen molar-refractivity contribution in [3.63, 3.8) is 0 Å². The monoisotopic (exact) mass is 543 g/mol. The molecule has 0 saturated heterocycles. The van der Waals surface area contributed by atoms with Gasteiger partial charge in [-0.25, -0.2) is 4.99 Å². The summed E-state index contributed by atoms with van der Waals surface area (Å²) in [5, 5.41) is 14.5. The maximum absolute atomic E-state index is 13.0. The average Bonchev–Trinajstić information content (AvgIpc) is 3.30. The van der Waals surface area contributed by atoms with Gasteiger partial charge in [-0.2, -0.15) is 4.99 Å². The number of methoxy groups -OCH3 is 1. The van der Waals surface area contributed by atoms with Crippen molar-refractivity contribution >= 4 is 46.0 Å². The summed E-state index contributed by atoms with van der Waals surface area (Å²) in [6.45, 7) is 0.318. The number of hydrogen-bond acceptors (Lipinski definition) is 8. The van der Waals surface area contributed by atoms with E-state index < -0.39 is 11.0 Å². The summed E-state index contributed by atoms with van der Waals surface area (Å²) in [6.07, 6.45) is 0.398. The number of fused-ring (bicyclic) bond motifs is 3. The van der Waals surface area contributed by atoms with Crippen LogP contribution in [0, 0.1) is 10.1 Å². The number of rotatable bonds is 9. The van der Waals surface area contributed by atoms with Gasteiger partial charge in [-0.1, -0.05) is 54.2 Å². The number of ether oxygens (including phenoxy) is 1. The van der Waals surface area contributed by atoms with E-state index in [9.17, 15) is 19.7 Å². The van der Waals surface area contributed by atoms with Gasteiger partial charge in [0.25, 0.3) is 11.6 Å². The van der Waals surface area contributed by atoms with Crippen LogP contribution < -0.4 is 10.1 Å². The van der Waals surface area contributed by atoms with Gasteiger partial charge in [0, 0.05) is 42.0 Å². The van der Waals surface area contributed by atoms with Crippen LogP contribution in [0.4, 0.5) is 11.4 Å². The summed E-state index contributed by atoms with van der Waals surface area (Å²) in [5.41, 5.74) is 3.23. The third-order valence-electron chi connectivity index (χ3n) is 6.44. The molecule has 2 amide bonds. The number of non-ortho nitro benzene ring substituents is 1. The molecule has 0 aromatic heterocycles. The highest BCUT2D eigenvalue weighted by Crippen LogP contribution is 2.36. The Kier molecular flexibility index (Phi) is 7.69. The van der Waals surface area contributed by atoms with E-state index in [2.05, 4.69) is 10.3 Å². The number of nitro benzene ring substituents is 1. The molecule has 0 fully saturated rings. The van der Waals surface area contributed by atoms with E-state index in [1.54, 1.807) is 19.2 Å². The normalized spacial score (nSPS) is 15.7. The standard InChI is InChI=1S/C28H25N5O5S/c1-38-24-9-5-2-6-19(24)16-29-25(34)15-14-23-27(35)31-26-21-7-3-4-8-22(21)30-28(32(23)26)39-17-18-10-12-20(13-11-18)33(36)37/h2-13,23H,14-17H2,1H3,(H,29,34). The first kappa shape index (κ1) is 26.1. The van der Waals surface area contributed by atoms with Crippen molar-refractivity contribution < 1.29 is 19.2 Å². The summed E-state index contributed by atoms with van der Waals surface area (Å²) >= 11 is 1.41. The van der Waals surface area contributed by atoms with Crippen LogP contribution in [-0.4, -0.2) is 45.8 Å². The zero-order chi connectivity index (χ0) is 27.4. The van der Waals surface area contributed by atoms with Crippen LogP contribution in [0.15, 0.2) is 82.8 Å². The van der Waals surface area contributed by atoms with E-state index >= 15 is 0 Å². The predicted octanol–water partition coefficient (Wildman–Crippen LogP) is 4.59. The smallest absolute Gasteiger partial charge is 0.270 e. The van der Waals surface area contributed by atoms with Gasteiger partial charge < -0.3 is 10.1 Å². The number of nitrogens with one attached hydrogen (secondary N) is 1. The maximum atomic E-state index is 13.0. The van der Waals surface area contributed by atoms with Crippen molar-refractivity contribution in [1.82, 2.24) is 10.2 Å². The zero-order valence-electron chi connectivity index (χ0n) is 21.1. The zero-order valence-corrected chi connectivity index (χ0v) is 21.9. The van der Waals surface area contributed by atoms with Crippen molar-refractivity contribution in [3.05, 3.63) is 99.6 Å². The number of aliphatic imine (C=N–C) groups is 2. The number of amidine groups is 2. The average molecular weight is 544 g/mol. The molecule has 10 nitrogen and oxygen atoms in total. The van der Waals surface area contributed by atoms with Crippen LogP contribution >= 0.6 is 11.8 Å². The van der Waals surface area contributed by atoms with E-state index in [0.29, 0.717) is 34.7 Å². The number of thioether (sulfide) groups is 1. The third kappa shape index (κ3) is 5.68. The summed E-state index contributed by atoms with van der Waals surface area (Å²) < 4.78 is 5.34. The molecule has 1 N–H and O–H groups in total. The van der Waals surface area contributed by atoms with Crippen LogP contribution in [0.25, 0.3) is 0 Å². The number of hydrogen-bond donors (Lipinski definition) is 1. The van der Waals surface area contributed by atoms with Gasteiger partial charge in [-0.15, -0.1) is 0 Å². The molecule has 2 aliphatic rings. The minimum absolute atomic E-state index is 0.0243. The quantitative estimate of drug-likeness (QED) is 0.309. The molecular formula is C28H25N5O5S. The lowest BCUT2D eigenvalue weighted by Gasteiger charge is -2.31. The molecule has 3 aromatic rings. The molecule has 3 aromatic carbocycles. The number of carbonyl (C=O) groups excluding carboxylic acids is 2. The van der Waals surface area contributed by atoms with Crippen molar-refractivity contribution in [2.45, 2.75) is 31.2 Å². The highest BCUT2D eigenvalue weighted by atomic mass is 32.2. The highest BCUT2D eigenvalue weighted by molar-refractivity contribution is 8.13. The summed E-state index contributed by atoms with van der Waals surface area (Å²) in [4.78, 5) is 47.3. The second-order valence-electron chi connectivity index (χ2n) is 8.91. The van der Waals surface area contributed by atoms with E-state index in [1.807, 2.05) is 53.4 Å². The van der Waals surface area contributed by atoms with E-state index in [4.69, 9.17) is 9.73 Å². The molecule has 0 radical (unpaired) electrons. The lowest BCUT2D eigenvalue weighted by molar-refractivity contribution is -0.384. The number of benzene rings is 3. The number of nitro groups is 1. The number of nitrogens with zero attached hydrogens (tertiary/aromatic N) is 4. The topological polar surface area (TPSA) is 126 Å². The molecule has 0 saturated carbocycles. The molecule has 39 heavy (non-hydrogen) atoms. The van der Waals surface area contributed by atoms with Crippen LogP contribution in [0.3, 0.4) is 0 Å². The molecule has 198 valence electrons. The molecule has 5 rings (SSSR count). The summed E-state index contributed by atoms with van der Waals surface area (Å²) in [6, 6.07) is 20.6. The molecule has 11 heteroatoms. The molecule has 0 spiro atoms. The second kappa shape index (κ2) is 11.5. The summed E-state index contributed by atoms with van der Waals surface area (Å²) in [5.74, 6) is 1.21. The SMILES string of the molecule is COc1ccccc1CNC(=O)CCC1C(=O)N=C2c3ccccc3N=C(SCc3ccc([N+](=O)[O-])cc3)N21. The van der Waals surface area contributed by atoms with E-state index in [-0.39, 0.29) is 30.3 Å². The first-order chi connectivity index (χ1) is 18.9. The summed E-state index contributed by atoms with van der Waals surface area (Å²) in [7, 11) is 1.58. The Morgan fingerprint density at radius 2 is 1.82 bits per heavy atom. The largest absolute Gasteiger partial charge is 0.496 e. The van der Waals surface area contributed by atoms with Crippen molar-refractivity contribution in [2.75, 3.05) is 7.11 Å². The van der Waals surface area contributed by atoms with Gasteiger partial charge in [0.05, 0.1) is 17.7 Å². The minimum atomic E-state index is -0.659. The Morgan fingerprint density at radius 3 is 2.59 bits per heavy atom. The van der Waals surface area contributed by atoms with Gasteiger partial charge in [-0.05, 0) is 30.2 Å². The highest BCUT2D eigenvalue weighted by Gasteiger charge is 2.41. The van der Waals surface area contributed by atoms with Gasteiger partial charge in [0.15, 0.2) is 5.17 Å². The Hall–Kier alpha value is -4.51. The van der Waals surface area contributed by atoms with Crippen molar-refractivity contribution in [1.29, 1.82) is 0 Å². The Bertz CT molecular complexity index is 1490. The minimum Gasteiger partial charge on any atom is -0.496 e. The van der Waals surface area contributed by atoms with Gasteiger partial charge in [0.1, 0.15) is 17.6 Å². The van der Waals surface area contributed by atoms with Crippen molar-refractivity contribution in [3.8, 4) is 5.75 Å². The van der Waals surface area contributed by atoms with Crippen molar-refractivity contribution in [2.24, 2.45) is 9.98 Å². The fourth-order valence-electron chi connectivity index (χ4n) is 4.44. The van der Waals surface area contributed by atoms with E-state index in [1.165, 1.54) is 23.9 Å². The van der Waals surface area contributed by atoms with Crippen LogP contribution in [-0.2, 0) is 21.9 Å². The fourth-order valence-corrected chi connectivity index (χ4v) is 5.44. The third-order valence-corrected chi connectivity index (χ3v) is 7.46. The lowest BCUT2D eigenvalue weighted by Crippen LogP contribution is -2.44. The van der Waals surface area contributed by atoms with E-state index in [0.717, 1.165) is 16.7 Å². The van der Waals surface area contributed by atoms with Crippen LogP contribution in [0.1, 0.15) is 29.5 Å². The maximum Gasteiger partial charge on any atom is 0.270 e. The molecule has 0 bridgehead atoms. The molecular weight excluding hydrogens is 518 g/mol. The molecule has 2 heterocycles. The second-order valence-corrected chi connectivity index (χ2v) is 9.85. The molecule has 1 unspecified atom stereocenters. The first-order valence-corrected chi connectivity index (χ1v) is 13.3. The Morgan fingerprint density at radius 1 is 1.08 bits per heavy atom. The fraction of sp³-hybridized carbons (Fsp3) is 0.214. The van der Waals surface area contributed by atoms with Gasteiger partial charge in [0.2, 0.25) is 5.91 Å². The predicted molar refractivity (Wildman–Crippen MR) is 149 cm³/mol. The lowest BCUT2D eigenvalue weighted by atomic mass is 10.1. The van der Waals surface area contributed by atoms with Crippen LogP contribution in [0.2, 0.25) is 0 Å². The van der Waals surface area contributed by atoms with Crippen LogP contribution in [0.5, 0.6) is 5.75 Å². The Labute approximate surface area is 228 Å². The molecule has 1 atom stereocenters. The Balaban J connectivity index is 1.29.